The van der Waals surface area contributed by atoms with Crippen molar-refractivity contribution in [1.82, 2.24) is 4.98 Å². The Morgan fingerprint density at radius 3 is 2.39 bits per heavy atom. The number of ether oxygens (including phenoxy) is 1. The highest BCUT2D eigenvalue weighted by atomic mass is 32.1. The monoisotopic (exact) mass is 431 g/mol. The largest absolute Gasteiger partial charge is 0.493 e. The van der Waals surface area contributed by atoms with Crippen molar-refractivity contribution in [3.63, 3.8) is 0 Å². The fourth-order valence-electron chi connectivity index (χ4n) is 3.23. The van der Waals surface area contributed by atoms with Crippen LogP contribution in [0.5, 0.6) is 5.75 Å². The molecule has 0 atom stereocenters. The van der Waals surface area contributed by atoms with Crippen LogP contribution in [0.3, 0.4) is 0 Å². The molecule has 0 spiro atoms. The maximum Gasteiger partial charge on any atom is 0.261 e. The third-order valence-corrected chi connectivity index (χ3v) is 5.38. The van der Waals surface area contributed by atoms with Crippen LogP contribution in [0.4, 0.5) is 10.8 Å². The summed E-state index contributed by atoms with van der Waals surface area (Å²) in [6.45, 7) is 3.82. The first-order valence-electron chi connectivity index (χ1n) is 9.84. The van der Waals surface area contributed by atoms with Crippen molar-refractivity contribution in [3.05, 3.63) is 71.6 Å². The van der Waals surface area contributed by atoms with Crippen LogP contribution in [0.2, 0.25) is 0 Å². The van der Waals surface area contributed by atoms with Gasteiger partial charge in [0.2, 0.25) is 5.91 Å². The Kier molecular flexibility index (Phi) is 5.95. The zero-order chi connectivity index (χ0) is 21.8. The Morgan fingerprint density at radius 1 is 1.00 bits per heavy atom. The molecule has 0 bridgehead atoms. The molecule has 6 nitrogen and oxygen atoms in total. The topological polar surface area (TPSA) is 80.3 Å². The van der Waals surface area contributed by atoms with Gasteiger partial charge in [0.05, 0.1) is 17.9 Å². The normalized spacial score (nSPS) is 10.6. The van der Waals surface area contributed by atoms with E-state index in [1.54, 1.807) is 0 Å². The maximum absolute atomic E-state index is 13.0. The fourth-order valence-corrected chi connectivity index (χ4v) is 3.94. The number of fused-ring (bicyclic) bond motifs is 1. The number of amides is 2. The molecule has 0 aliphatic rings. The molecule has 3 aromatic carbocycles. The minimum atomic E-state index is -0.267. The number of aromatic nitrogens is 1. The van der Waals surface area contributed by atoms with Gasteiger partial charge in [0.15, 0.2) is 5.13 Å². The number of nitrogens with zero attached hydrogens (tertiary/aromatic N) is 1. The van der Waals surface area contributed by atoms with E-state index in [4.69, 9.17) is 4.74 Å². The lowest BCUT2D eigenvalue weighted by atomic mass is 10.1. The number of benzene rings is 3. The zero-order valence-electron chi connectivity index (χ0n) is 17.1. The molecule has 2 N–H and O–H groups in total. The first-order chi connectivity index (χ1) is 15.0. The van der Waals surface area contributed by atoms with Gasteiger partial charge in [0, 0.05) is 23.6 Å². The van der Waals surface area contributed by atoms with Gasteiger partial charge in [-0.15, -0.1) is 11.3 Å². The van der Waals surface area contributed by atoms with Crippen molar-refractivity contribution in [2.24, 2.45) is 0 Å². The predicted octanol–water partition coefficient (Wildman–Crippen LogP) is 5.57. The molecule has 0 saturated carbocycles. The second kappa shape index (κ2) is 8.97. The van der Waals surface area contributed by atoms with E-state index in [-0.39, 0.29) is 11.8 Å². The van der Waals surface area contributed by atoms with E-state index in [1.807, 2.05) is 73.0 Å². The van der Waals surface area contributed by atoms with E-state index in [0.29, 0.717) is 23.1 Å². The average Bonchev–Trinajstić information content (AvgIpc) is 3.22. The van der Waals surface area contributed by atoms with Crippen LogP contribution in [0, 0.1) is 0 Å². The van der Waals surface area contributed by atoms with Crippen LogP contribution < -0.4 is 15.4 Å². The van der Waals surface area contributed by atoms with Crippen molar-refractivity contribution in [2.45, 2.75) is 13.8 Å². The van der Waals surface area contributed by atoms with Crippen molar-refractivity contribution in [2.75, 3.05) is 17.2 Å². The number of hydrogen-bond donors (Lipinski definition) is 2. The molecule has 0 unspecified atom stereocenters. The number of carbonyl (C=O) groups is 2. The number of rotatable bonds is 6. The summed E-state index contributed by atoms with van der Waals surface area (Å²) >= 11 is 1.35. The fraction of sp³-hybridized carbons (Fsp3) is 0.125. The van der Waals surface area contributed by atoms with Gasteiger partial charge in [-0.25, -0.2) is 4.98 Å². The van der Waals surface area contributed by atoms with Crippen molar-refractivity contribution in [1.29, 1.82) is 0 Å². The zero-order valence-corrected chi connectivity index (χ0v) is 18.0. The molecule has 0 aliphatic heterocycles. The number of carbonyl (C=O) groups excluding carboxylic acids is 2. The summed E-state index contributed by atoms with van der Waals surface area (Å²) in [5, 5.41) is 9.98. The molecule has 4 rings (SSSR count). The molecule has 0 fully saturated rings. The maximum atomic E-state index is 13.0. The van der Waals surface area contributed by atoms with Crippen molar-refractivity contribution >= 4 is 44.7 Å². The molecule has 31 heavy (non-hydrogen) atoms. The van der Waals surface area contributed by atoms with E-state index in [9.17, 15) is 9.59 Å². The second-order valence-corrected chi connectivity index (χ2v) is 7.74. The van der Waals surface area contributed by atoms with Crippen molar-refractivity contribution < 1.29 is 14.3 Å². The molecule has 2 amide bonds. The minimum absolute atomic E-state index is 0.119. The smallest absolute Gasteiger partial charge is 0.261 e. The molecule has 1 heterocycles. The summed E-state index contributed by atoms with van der Waals surface area (Å²) < 4.78 is 5.71. The quantitative estimate of drug-likeness (QED) is 0.418. The lowest BCUT2D eigenvalue weighted by molar-refractivity contribution is -0.114. The summed E-state index contributed by atoms with van der Waals surface area (Å²) in [6, 6.07) is 19.0. The van der Waals surface area contributed by atoms with Crippen LogP contribution in [0.15, 0.2) is 66.0 Å². The highest BCUT2D eigenvalue weighted by Crippen LogP contribution is 2.29. The van der Waals surface area contributed by atoms with Crippen LogP contribution in [0.25, 0.3) is 22.0 Å². The van der Waals surface area contributed by atoms with Gasteiger partial charge in [-0.2, -0.15) is 0 Å². The lowest BCUT2D eigenvalue weighted by Gasteiger charge is -2.11. The summed E-state index contributed by atoms with van der Waals surface area (Å²) in [7, 11) is 0. The van der Waals surface area contributed by atoms with Gasteiger partial charge in [0.1, 0.15) is 5.75 Å². The van der Waals surface area contributed by atoms with Crippen molar-refractivity contribution in [3.8, 4) is 17.0 Å². The number of nitrogens with one attached hydrogen (secondary N) is 2. The highest BCUT2D eigenvalue weighted by molar-refractivity contribution is 7.14. The molecule has 0 radical (unpaired) electrons. The summed E-state index contributed by atoms with van der Waals surface area (Å²) in [5.74, 6) is 0.159. The molecule has 7 heteroatoms. The van der Waals surface area contributed by atoms with Gasteiger partial charge in [0.25, 0.3) is 5.91 Å². The van der Waals surface area contributed by atoms with Crippen LogP contribution in [-0.2, 0) is 4.79 Å². The number of thiazole rings is 1. The Balaban J connectivity index is 1.55. The average molecular weight is 432 g/mol. The molecule has 1 aromatic heterocycles. The molecular formula is C24H21N3O3S. The molecule has 156 valence electrons. The van der Waals surface area contributed by atoms with E-state index in [2.05, 4.69) is 15.6 Å². The number of hydrogen-bond acceptors (Lipinski definition) is 5. The van der Waals surface area contributed by atoms with E-state index < -0.39 is 0 Å². The van der Waals surface area contributed by atoms with Gasteiger partial charge in [-0.05, 0) is 42.0 Å². The SMILES string of the molecule is CCOc1cc2ccccc2cc1C(=O)Nc1nc(-c2ccc(NC(C)=O)cc2)cs1. The number of anilines is 2. The third-order valence-electron chi connectivity index (χ3n) is 4.62. The summed E-state index contributed by atoms with van der Waals surface area (Å²) in [6.07, 6.45) is 0. The van der Waals surface area contributed by atoms with Gasteiger partial charge in [-0.1, -0.05) is 36.4 Å². The van der Waals surface area contributed by atoms with E-state index in [1.165, 1.54) is 18.3 Å². The first-order valence-corrected chi connectivity index (χ1v) is 10.7. The molecular weight excluding hydrogens is 410 g/mol. The second-order valence-electron chi connectivity index (χ2n) is 6.88. The first kappa shape index (κ1) is 20.6. The highest BCUT2D eigenvalue weighted by Gasteiger charge is 2.16. The van der Waals surface area contributed by atoms with Crippen LogP contribution in [-0.4, -0.2) is 23.4 Å². The Labute approximate surface area is 183 Å². The van der Waals surface area contributed by atoms with Gasteiger partial charge in [-0.3, -0.25) is 14.9 Å². The Bertz CT molecular complexity index is 1250. The Hall–Kier alpha value is -3.71. The standard InChI is InChI=1S/C24H21N3O3S/c1-3-30-22-13-18-7-5-4-6-17(18)12-20(22)23(29)27-24-26-21(14-31-24)16-8-10-19(11-9-16)25-15(2)28/h4-14H,3H2,1-2H3,(H,25,28)(H,26,27,29). The predicted molar refractivity (Wildman–Crippen MR) is 125 cm³/mol. The summed E-state index contributed by atoms with van der Waals surface area (Å²) in [4.78, 5) is 28.7. The minimum Gasteiger partial charge on any atom is -0.493 e. The molecule has 0 saturated heterocycles. The van der Waals surface area contributed by atoms with Gasteiger partial charge < -0.3 is 10.1 Å². The lowest BCUT2D eigenvalue weighted by Crippen LogP contribution is -2.13. The Morgan fingerprint density at radius 2 is 1.71 bits per heavy atom. The van der Waals surface area contributed by atoms with Crippen LogP contribution >= 0.6 is 11.3 Å². The molecule has 0 aliphatic carbocycles. The molecule has 4 aromatic rings. The van der Waals surface area contributed by atoms with Gasteiger partial charge >= 0.3 is 0 Å². The van der Waals surface area contributed by atoms with E-state index in [0.717, 1.165) is 27.7 Å². The van der Waals surface area contributed by atoms with Crippen LogP contribution in [0.1, 0.15) is 24.2 Å². The third kappa shape index (κ3) is 4.73. The van der Waals surface area contributed by atoms with E-state index >= 15 is 0 Å². The summed E-state index contributed by atoms with van der Waals surface area (Å²) in [5.41, 5.74) is 2.83.